The molecule has 1 unspecified atom stereocenters. The fourth-order valence-corrected chi connectivity index (χ4v) is 2.72. The van der Waals surface area contributed by atoms with Crippen LogP contribution in [0.1, 0.15) is 24.0 Å². The van der Waals surface area contributed by atoms with Crippen LogP contribution in [0.15, 0.2) is 42.5 Å². The standard InChI is InChI=1S/C17H15ClN2O2/c1-10-13-9-12(6-7-15(13)20-17(10)22)19-16(21)8-11-4-2-3-5-14(11)18/h2-7,9-10H,8H2,1H3,(H,19,21)(H,20,22). The Balaban J connectivity index is 1.73. The van der Waals surface area contributed by atoms with E-state index in [4.69, 9.17) is 11.6 Å². The molecule has 2 amide bonds. The number of benzene rings is 2. The van der Waals surface area contributed by atoms with E-state index >= 15 is 0 Å². The van der Waals surface area contributed by atoms with Gasteiger partial charge < -0.3 is 10.6 Å². The van der Waals surface area contributed by atoms with E-state index in [0.717, 1.165) is 16.8 Å². The van der Waals surface area contributed by atoms with Crippen LogP contribution in [0.25, 0.3) is 0 Å². The molecule has 0 saturated carbocycles. The third-order valence-electron chi connectivity index (χ3n) is 3.76. The molecule has 112 valence electrons. The van der Waals surface area contributed by atoms with Gasteiger partial charge in [-0.15, -0.1) is 0 Å². The number of carbonyl (C=O) groups is 2. The summed E-state index contributed by atoms with van der Waals surface area (Å²) in [4.78, 5) is 23.8. The molecule has 0 spiro atoms. The van der Waals surface area contributed by atoms with E-state index < -0.39 is 0 Å². The summed E-state index contributed by atoms with van der Waals surface area (Å²) in [5.41, 5.74) is 3.18. The molecule has 4 nitrogen and oxygen atoms in total. The maximum Gasteiger partial charge on any atom is 0.231 e. The first-order chi connectivity index (χ1) is 10.5. The summed E-state index contributed by atoms with van der Waals surface area (Å²) < 4.78 is 0. The van der Waals surface area contributed by atoms with Gasteiger partial charge >= 0.3 is 0 Å². The molecule has 1 atom stereocenters. The molecule has 22 heavy (non-hydrogen) atoms. The van der Waals surface area contributed by atoms with Crippen LogP contribution < -0.4 is 10.6 Å². The number of hydrogen-bond acceptors (Lipinski definition) is 2. The maximum atomic E-state index is 12.1. The quantitative estimate of drug-likeness (QED) is 0.909. The number of carbonyl (C=O) groups excluding carboxylic acids is 2. The van der Waals surface area contributed by atoms with E-state index in [1.807, 2.05) is 37.3 Å². The van der Waals surface area contributed by atoms with Crippen molar-refractivity contribution >= 4 is 34.8 Å². The second kappa shape index (κ2) is 5.81. The monoisotopic (exact) mass is 314 g/mol. The summed E-state index contributed by atoms with van der Waals surface area (Å²) in [7, 11) is 0. The minimum atomic E-state index is -0.199. The van der Waals surface area contributed by atoms with Gasteiger partial charge in [-0.1, -0.05) is 29.8 Å². The molecule has 2 aromatic carbocycles. The van der Waals surface area contributed by atoms with Crippen molar-refractivity contribution in [2.45, 2.75) is 19.3 Å². The lowest BCUT2D eigenvalue weighted by atomic mass is 10.0. The zero-order valence-corrected chi connectivity index (χ0v) is 12.8. The molecule has 0 fully saturated rings. The minimum Gasteiger partial charge on any atom is -0.326 e. The Kier molecular flexibility index (Phi) is 3.86. The lowest BCUT2D eigenvalue weighted by Gasteiger charge is -2.09. The van der Waals surface area contributed by atoms with Gasteiger partial charge in [0.1, 0.15) is 0 Å². The van der Waals surface area contributed by atoms with Crippen LogP contribution in [0.4, 0.5) is 11.4 Å². The zero-order chi connectivity index (χ0) is 15.7. The lowest BCUT2D eigenvalue weighted by molar-refractivity contribution is -0.117. The van der Waals surface area contributed by atoms with Crippen LogP contribution in [-0.4, -0.2) is 11.8 Å². The van der Waals surface area contributed by atoms with Crippen molar-refractivity contribution in [1.82, 2.24) is 0 Å². The normalized spacial score (nSPS) is 16.1. The predicted octanol–water partition coefficient (Wildman–Crippen LogP) is 3.58. The van der Waals surface area contributed by atoms with Crippen molar-refractivity contribution in [1.29, 1.82) is 0 Å². The lowest BCUT2D eigenvalue weighted by Crippen LogP contribution is -2.14. The van der Waals surface area contributed by atoms with Crippen molar-refractivity contribution < 1.29 is 9.59 Å². The van der Waals surface area contributed by atoms with E-state index in [2.05, 4.69) is 10.6 Å². The van der Waals surface area contributed by atoms with Gasteiger partial charge in [-0.3, -0.25) is 9.59 Å². The van der Waals surface area contributed by atoms with E-state index in [9.17, 15) is 9.59 Å². The number of hydrogen-bond donors (Lipinski definition) is 2. The average molecular weight is 315 g/mol. The highest BCUT2D eigenvalue weighted by Gasteiger charge is 2.26. The fraction of sp³-hybridized carbons (Fsp3) is 0.176. The number of anilines is 2. The molecule has 2 N–H and O–H groups in total. The molecular formula is C17H15ClN2O2. The number of nitrogens with one attached hydrogen (secondary N) is 2. The summed E-state index contributed by atoms with van der Waals surface area (Å²) in [6, 6.07) is 12.7. The first-order valence-corrected chi connectivity index (χ1v) is 7.40. The Morgan fingerprint density at radius 3 is 2.82 bits per heavy atom. The van der Waals surface area contributed by atoms with Gasteiger partial charge in [0.15, 0.2) is 0 Å². The zero-order valence-electron chi connectivity index (χ0n) is 12.0. The predicted molar refractivity (Wildman–Crippen MR) is 87.3 cm³/mol. The fourth-order valence-electron chi connectivity index (χ4n) is 2.51. The molecule has 0 aromatic heterocycles. The highest BCUT2D eigenvalue weighted by atomic mass is 35.5. The summed E-state index contributed by atoms with van der Waals surface area (Å²) in [6.45, 7) is 1.84. The van der Waals surface area contributed by atoms with Gasteiger partial charge in [0.25, 0.3) is 0 Å². The van der Waals surface area contributed by atoms with Crippen LogP contribution in [0, 0.1) is 0 Å². The van der Waals surface area contributed by atoms with Crippen LogP contribution in [0.5, 0.6) is 0 Å². The van der Waals surface area contributed by atoms with E-state index in [-0.39, 0.29) is 24.2 Å². The Morgan fingerprint density at radius 1 is 1.27 bits per heavy atom. The first kappa shape index (κ1) is 14.6. The molecule has 1 heterocycles. The van der Waals surface area contributed by atoms with Gasteiger partial charge in [-0.25, -0.2) is 0 Å². The summed E-state index contributed by atoms with van der Waals surface area (Å²) >= 11 is 6.06. The van der Waals surface area contributed by atoms with E-state index in [1.54, 1.807) is 12.1 Å². The smallest absolute Gasteiger partial charge is 0.231 e. The third-order valence-corrected chi connectivity index (χ3v) is 4.13. The number of fused-ring (bicyclic) bond motifs is 1. The Bertz CT molecular complexity index is 758. The number of amides is 2. The highest BCUT2D eigenvalue weighted by molar-refractivity contribution is 6.31. The molecular weight excluding hydrogens is 300 g/mol. The van der Waals surface area contributed by atoms with Crippen molar-refractivity contribution in [2.24, 2.45) is 0 Å². The van der Waals surface area contributed by atoms with E-state index in [1.165, 1.54) is 0 Å². The SMILES string of the molecule is CC1C(=O)Nc2ccc(NC(=O)Cc3ccccc3Cl)cc21. The molecule has 3 rings (SSSR count). The van der Waals surface area contributed by atoms with Crippen LogP contribution in [0.3, 0.4) is 0 Å². The minimum absolute atomic E-state index is 0.0189. The summed E-state index contributed by atoms with van der Waals surface area (Å²) in [5, 5.41) is 6.23. The van der Waals surface area contributed by atoms with Gasteiger partial charge in [-0.05, 0) is 42.3 Å². The van der Waals surface area contributed by atoms with Crippen LogP contribution in [0.2, 0.25) is 5.02 Å². The molecule has 1 aliphatic rings. The molecule has 2 aromatic rings. The Labute approximate surface area is 133 Å². The largest absolute Gasteiger partial charge is 0.326 e. The molecule has 1 aliphatic heterocycles. The van der Waals surface area contributed by atoms with Crippen molar-refractivity contribution in [2.75, 3.05) is 10.6 Å². The number of halogens is 1. The van der Waals surface area contributed by atoms with Crippen LogP contribution >= 0.6 is 11.6 Å². The second-order valence-electron chi connectivity index (χ2n) is 5.33. The summed E-state index contributed by atoms with van der Waals surface area (Å²) in [6.07, 6.45) is 0.212. The van der Waals surface area contributed by atoms with Gasteiger partial charge in [0.2, 0.25) is 11.8 Å². The van der Waals surface area contributed by atoms with Crippen molar-refractivity contribution in [3.63, 3.8) is 0 Å². The first-order valence-electron chi connectivity index (χ1n) is 7.02. The second-order valence-corrected chi connectivity index (χ2v) is 5.74. The molecule has 0 bridgehead atoms. The summed E-state index contributed by atoms with van der Waals surface area (Å²) in [5.74, 6) is -0.358. The topological polar surface area (TPSA) is 58.2 Å². The Morgan fingerprint density at radius 2 is 2.05 bits per heavy atom. The highest BCUT2D eigenvalue weighted by Crippen LogP contribution is 2.34. The van der Waals surface area contributed by atoms with Gasteiger partial charge in [0.05, 0.1) is 12.3 Å². The van der Waals surface area contributed by atoms with Gasteiger partial charge in [-0.2, -0.15) is 0 Å². The molecule has 0 radical (unpaired) electrons. The molecule has 0 saturated heterocycles. The average Bonchev–Trinajstić information content (AvgIpc) is 2.77. The van der Waals surface area contributed by atoms with Crippen molar-refractivity contribution in [3.8, 4) is 0 Å². The maximum absolute atomic E-state index is 12.1. The van der Waals surface area contributed by atoms with Crippen LogP contribution in [-0.2, 0) is 16.0 Å². The van der Waals surface area contributed by atoms with Crippen molar-refractivity contribution in [3.05, 3.63) is 58.6 Å². The van der Waals surface area contributed by atoms with E-state index in [0.29, 0.717) is 10.7 Å². The number of rotatable bonds is 3. The Hall–Kier alpha value is -2.33. The van der Waals surface area contributed by atoms with Gasteiger partial charge in [0, 0.05) is 16.4 Å². The third kappa shape index (κ3) is 2.83. The molecule has 0 aliphatic carbocycles. The molecule has 5 heteroatoms.